The molecule has 0 fully saturated rings. The molecule has 0 aromatic rings. The minimum absolute atomic E-state index is 0.0351. The van der Waals surface area contributed by atoms with E-state index < -0.39 is 20.0 Å². The average Bonchev–Trinajstić information content (AvgIpc) is 3.51. The van der Waals surface area contributed by atoms with Crippen LogP contribution in [0.4, 0.5) is 0 Å². The Balaban J connectivity index is 5.00. The molecule has 0 aliphatic heterocycles. The number of carbonyl (C=O) groups is 2. The number of rotatable bonds is 65. The van der Waals surface area contributed by atoms with Crippen molar-refractivity contribution in [3.63, 3.8) is 0 Å². The van der Waals surface area contributed by atoms with Gasteiger partial charge in [0.05, 0.1) is 33.8 Å². The molecule has 0 aromatic heterocycles. The number of phosphoric ester groups is 1. The van der Waals surface area contributed by atoms with Crippen molar-refractivity contribution in [2.75, 3.05) is 40.9 Å². The minimum atomic E-state index is -4.46. The monoisotopic (exact) mass is 1190 g/mol. The molecule has 9 nitrogen and oxygen atoms in total. The minimum Gasteiger partial charge on any atom is -0.456 e. The van der Waals surface area contributed by atoms with Crippen LogP contribution in [0.5, 0.6) is 0 Å². The molecular weight excluding hydrogens is 1050 g/mol. The first kappa shape index (κ1) is 80.7. The number of hydrogen-bond acceptors (Lipinski definition) is 6. The molecular formula is C73H138N2O7P+. The Morgan fingerprint density at radius 3 is 1.13 bits per heavy atom. The summed E-state index contributed by atoms with van der Waals surface area (Å²) < 4.78 is 30.8. The summed E-state index contributed by atoms with van der Waals surface area (Å²) in [4.78, 5) is 37.8. The van der Waals surface area contributed by atoms with Gasteiger partial charge in [-0.3, -0.25) is 18.6 Å². The van der Waals surface area contributed by atoms with Crippen molar-refractivity contribution in [3.8, 4) is 0 Å². The second kappa shape index (κ2) is 62.8. The zero-order chi connectivity index (χ0) is 60.7. The van der Waals surface area contributed by atoms with Gasteiger partial charge < -0.3 is 19.4 Å². The lowest BCUT2D eigenvalue weighted by atomic mass is 10.0. The third-order valence-electron chi connectivity index (χ3n) is 16.0. The van der Waals surface area contributed by atoms with Crippen molar-refractivity contribution in [1.29, 1.82) is 0 Å². The third kappa shape index (κ3) is 64.0. The van der Waals surface area contributed by atoms with Gasteiger partial charge in [0.25, 0.3) is 0 Å². The van der Waals surface area contributed by atoms with Gasteiger partial charge in [0.15, 0.2) is 0 Å². The van der Waals surface area contributed by atoms with Gasteiger partial charge in [-0.15, -0.1) is 0 Å². The molecule has 1 amide bonds. The molecule has 0 radical (unpaired) electrons. The van der Waals surface area contributed by atoms with E-state index in [1.807, 2.05) is 33.3 Å². The number of carbonyl (C=O) groups excluding carboxylic acids is 2. The van der Waals surface area contributed by atoms with Crippen molar-refractivity contribution in [1.82, 2.24) is 5.32 Å². The number of nitrogens with zero attached hydrogens (tertiary/aromatic N) is 1. The fourth-order valence-corrected chi connectivity index (χ4v) is 11.2. The topological polar surface area (TPSA) is 111 Å². The Labute approximate surface area is 515 Å². The average molecular weight is 1190 g/mol. The summed E-state index contributed by atoms with van der Waals surface area (Å²) in [7, 11) is 1.49. The van der Waals surface area contributed by atoms with Crippen LogP contribution in [0.1, 0.15) is 342 Å². The fourth-order valence-electron chi connectivity index (χ4n) is 10.5. The lowest BCUT2D eigenvalue weighted by Crippen LogP contribution is -2.47. The van der Waals surface area contributed by atoms with Gasteiger partial charge in [-0.2, -0.15) is 0 Å². The second-order valence-corrected chi connectivity index (χ2v) is 26.9. The summed E-state index contributed by atoms with van der Waals surface area (Å²) in [5.41, 5.74) is 0. The Morgan fingerprint density at radius 2 is 0.735 bits per heavy atom. The van der Waals surface area contributed by atoms with E-state index in [0.29, 0.717) is 23.9 Å². The smallest absolute Gasteiger partial charge is 0.456 e. The highest BCUT2D eigenvalue weighted by Crippen LogP contribution is 2.43. The van der Waals surface area contributed by atoms with Gasteiger partial charge in [-0.25, -0.2) is 4.57 Å². The number of likely N-dealkylation sites (N-methyl/N-ethyl adjacent to an activating group) is 1. The van der Waals surface area contributed by atoms with Crippen LogP contribution in [-0.2, 0) is 27.9 Å². The van der Waals surface area contributed by atoms with Gasteiger partial charge >= 0.3 is 13.8 Å². The summed E-state index contributed by atoms with van der Waals surface area (Å²) in [6.45, 7) is 7.00. The summed E-state index contributed by atoms with van der Waals surface area (Å²) in [5, 5.41) is 3.06. The molecule has 486 valence electrons. The van der Waals surface area contributed by atoms with Gasteiger partial charge in [-0.05, 0) is 76.7 Å². The Hall–Kier alpha value is -2.29. The summed E-state index contributed by atoms with van der Waals surface area (Å²) >= 11 is 0. The zero-order valence-corrected chi connectivity index (χ0v) is 56.6. The lowest BCUT2D eigenvalue weighted by Gasteiger charge is -2.27. The van der Waals surface area contributed by atoms with Crippen molar-refractivity contribution in [2.24, 2.45) is 0 Å². The van der Waals surface area contributed by atoms with E-state index in [-0.39, 0.29) is 31.5 Å². The molecule has 0 aliphatic rings. The summed E-state index contributed by atoms with van der Waals surface area (Å²) in [6, 6.07) is -0.861. The fraction of sp³-hybridized carbons (Fsp3) is 0.836. The van der Waals surface area contributed by atoms with Crippen molar-refractivity contribution in [3.05, 3.63) is 60.8 Å². The molecule has 0 saturated carbocycles. The Morgan fingerprint density at radius 1 is 0.422 bits per heavy atom. The molecule has 0 aromatic carbocycles. The van der Waals surface area contributed by atoms with Crippen LogP contribution in [0.3, 0.4) is 0 Å². The maximum atomic E-state index is 13.6. The normalized spacial score (nSPS) is 13.9. The number of unbranched alkanes of at least 4 members (excludes halogenated alkanes) is 41. The third-order valence-corrected chi connectivity index (χ3v) is 16.9. The molecule has 0 aliphatic carbocycles. The van der Waals surface area contributed by atoms with E-state index in [4.69, 9.17) is 13.8 Å². The highest BCUT2D eigenvalue weighted by Gasteiger charge is 2.30. The van der Waals surface area contributed by atoms with Crippen LogP contribution < -0.4 is 5.32 Å². The summed E-state index contributed by atoms with van der Waals surface area (Å²) in [6.07, 6.45) is 81.1. The highest BCUT2D eigenvalue weighted by molar-refractivity contribution is 7.47. The highest BCUT2D eigenvalue weighted by atomic mass is 31.2. The molecule has 0 bridgehead atoms. The number of ether oxygens (including phenoxy) is 1. The quantitative estimate of drug-likeness (QED) is 0.0205. The molecule has 0 spiro atoms. The van der Waals surface area contributed by atoms with E-state index in [2.05, 4.69) is 74.7 Å². The van der Waals surface area contributed by atoms with Crippen LogP contribution in [0, 0.1) is 0 Å². The molecule has 3 atom stereocenters. The molecule has 83 heavy (non-hydrogen) atoms. The molecule has 0 heterocycles. The number of hydrogen-bond donors (Lipinski definition) is 2. The lowest BCUT2D eigenvalue weighted by molar-refractivity contribution is -0.870. The van der Waals surface area contributed by atoms with Crippen LogP contribution in [0.2, 0.25) is 0 Å². The number of nitrogens with one attached hydrogen (secondary N) is 1. The summed E-state index contributed by atoms with van der Waals surface area (Å²) in [5.74, 6) is -0.529. The van der Waals surface area contributed by atoms with E-state index >= 15 is 0 Å². The first-order valence-electron chi connectivity index (χ1n) is 35.6. The first-order chi connectivity index (χ1) is 40.4. The number of esters is 1. The van der Waals surface area contributed by atoms with Crippen molar-refractivity contribution < 1.29 is 37.3 Å². The van der Waals surface area contributed by atoms with Crippen LogP contribution in [0.25, 0.3) is 0 Å². The number of phosphoric acid groups is 1. The predicted octanol–water partition coefficient (Wildman–Crippen LogP) is 22.6. The van der Waals surface area contributed by atoms with E-state index in [1.54, 1.807) is 0 Å². The molecule has 2 N–H and O–H groups in total. The Kier molecular flexibility index (Phi) is 61.0. The second-order valence-electron chi connectivity index (χ2n) is 25.4. The molecule has 0 saturated heterocycles. The van der Waals surface area contributed by atoms with E-state index in [0.717, 1.165) is 77.0 Å². The van der Waals surface area contributed by atoms with Gasteiger partial charge in [0.2, 0.25) is 5.91 Å². The maximum absolute atomic E-state index is 13.6. The Bertz CT molecular complexity index is 1600. The maximum Gasteiger partial charge on any atom is 0.472 e. The van der Waals surface area contributed by atoms with E-state index in [1.165, 1.54) is 225 Å². The zero-order valence-electron chi connectivity index (χ0n) is 55.7. The van der Waals surface area contributed by atoms with Gasteiger partial charge in [0, 0.05) is 12.8 Å². The van der Waals surface area contributed by atoms with Crippen LogP contribution >= 0.6 is 7.82 Å². The largest absolute Gasteiger partial charge is 0.472 e. The van der Waals surface area contributed by atoms with Gasteiger partial charge in [0.1, 0.15) is 19.3 Å². The number of allylic oxidation sites excluding steroid dienone is 9. The molecule has 0 rings (SSSR count). The van der Waals surface area contributed by atoms with Crippen LogP contribution in [-0.4, -0.2) is 74.3 Å². The van der Waals surface area contributed by atoms with Crippen molar-refractivity contribution in [2.45, 2.75) is 354 Å². The van der Waals surface area contributed by atoms with Crippen molar-refractivity contribution >= 4 is 19.7 Å². The van der Waals surface area contributed by atoms with Crippen LogP contribution in [0.15, 0.2) is 60.8 Å². The van der Waals surface area contributed by atoms with Gasteiger partial charge in [-0.1, -0.05) is 313 Å². The standard InChI is InChI=1S/C73H137N2O7P/c1-7-10-13-16-19-22-25-27-29-31-33-34-35-36-37-38-39-40-42-43-45-47-50-53-56-59-62-65-72(76)74-70(69-81-83(78,79)80-68-67-75(4,5)6)71(64-61-58-55-52-49-24-21-18-15-12-9-3)82-73(77)66-63-60-57-54-51-48-46-44-41-32-30-28-26-23-20-17-14-11-8-2/h20,23,28,30,41,44,48,51,61,64,70-71H,7-19,21-22,24-27,29,31-40,42-43,45-47,49-50,52-60,62-63,65-69H2,1-6H3,(H-,74,76,78,79)/p+1/b23-20-,30-28-,44-41-,51-48-,64-61-. The number of amides is 1. The molecule has 10 heteroatoms. The first-order valence-corrected chi connectivity index (χ1v) is 37.1. The van der Waals surface area contributed by atoms with E-state index in [9.17, 15) is 19.0 Å². The SMILES string of the molecule is CCCCC/C=C\C/C=C\C/C=C\C/C=C\CCCCCC(=O)OC(/C=C\CCCCCCCCCCC)C(COP(=O)(O)OCC[N+](C)(C)C)NC(=O)CCCCCCCCCCCCCCCCCCCCCCCCCCCCC. The number of quaternary nitrogens is 1. The molecule has 3 unspecified atom stereocenters. The predicted molar refractivity (Wildman–Crippen MR) is 360 cm³/mol.